The van der Waals surface area contributed by atoms with Crippen molar-refractivity contribution in [1.29, 1.82) is 0 Å². The van der Waals surface area contributed by atoms with Crippen LogP contribution in [-0.2, 0) is 0 Å². The number of hydrogen-bond donors (Lipinski definition) is 1. The molecule has 1 atom stereocenters. The van der Waals surface area contributed by atoms with Gasteiger partial charge >= 0.3 is 0 Å². The van der Waals surface area contributed by atoms with E-state index < -0.39 is 0 Å². The molecule has 0 radical (unpaired) electrons. The van der Waals surface area contributed by atoms with Crippen LogP contribution in [0.2, 0.25) is 5.15 Å². The first-order chi connectivity index (χ1) is 11.7. The summed E-state index contributed by atoms with van der Waals surface area (Å²) in [5, 5.41) is 12.2. The lowest BCUT2D eigenvalue weighted by molar-refractivity contribution is 0.777. The highest BCUT2D eigenvalue weighted by Crippen LogP contribution is 2.39. The Labute approximate surface area is 144 Å². The molecule has 0 saturated heterocycles. The maximum atomic E-state index is 6.11. The highest BCUT2D eigenvalue weighted by Gasteiger charge is 2.27. The predicted molar refractivity (Wildman–Crippen MR) is 92.4 cm³/mol. The fourth-order valence-corrected chi connectivity index (χ4v) is 2.70. The van der Waals surface area contributed by atoms with Crippen molar-refractivity contribution in [2.45, 2.75) is 31.7 Å². The average Bonchev–Trinajstić information content (AvgIpc) is 3.32. The molecule has 2 aromatic heterocycles. The zero-order valence-electron chi connectivity index (χ0n) is 13.2. The van der Waals surface area contributed by atoms with Gasteiger partial charge in [-0.05, 0) is 31.9 Å². The second-order valence-corrected chi connectivity index (χ2v) is 6.39. The van der Waals surface area contributed by atoms with Crippen LogP contribution in [0.3, 0.4) is 0 Å². The first-order valence-electron chi connectivity index (χ1n) is 7.98. The Hall–Kier alpha value is -2.47. The van der Waals surface area contributed by atoms with E-state index in [1.54, 1.807) is 10.7 Å². The third-order valence-electron chi connectivity index (χ3n) is 3.99. The van der Waals surface area contributed by atoms with E-state index in [-0.39, 0.29) is 6.04 Å². The fourth-order valence-electron chi connectivity index (χ4n) is 2.51. The van der Waals surface area contributed by atoms with Gasteiger partial charge in [0.2, 0.25) is 0 Å². The number of para-hydroxylation sites is 1. The minimum atomic E-state index is -0.0412. The van der Waals surface area contributed by atoms with Crippen molar-refractivity contribution in [2.24, 2.45) is 0 Å². The van der Waals surface area contributed by atoms with Crippen molar-refractivity contribution >= 4 is 17.4 Å². The van der Waals surface area contributed by atoms with Crippen molar-refractivity contribution < 1.29 is 0 Å². The second-order valence-electron chi connectivity index (χ2n) is 6.00. The summed E-state index contributed by atoms with van der Waals surface area (Å²) in [5.74, 6) is 2.00. The molecule has 1 fully saturated rings. The van der Waals surface area contributed by atoms with Gasteiger partial charge < -0.3 is 5.32 Å². The number of nitrogens with zero attached hydrogens (tertiary/aromatic N) is 5. The van der Waals surface area contributed by atoms with E-state index in [1.165, 1.54) is 0 Å². The van der Waals surface area contributed by atoms with E-state index in [0.717, 1.165) is 35.9 Å². The smallest absolute Gasteiger partial charge is 0.135 e. The summed E-state index contributed by atoms with van der Waals surface area (Å²) >= 11 is 6.11. The molecular formula is C17H17ClN6. The Morgan fingerprint density at radius 1 is 1.21 bits per heavy atom. The molecule has 6 nitrogen and oxygen atoms in total. The van der Waals surface area contributed by atoms with Crippen LogP contribution >= 0.6 is 11.6 Å². The molecule has 0 bridgehead atoms. The number of hydrogen-bond acceptors (Lipinski definition) is 5. The molecule has 0 spiro atoms. The highest BCUT2D eigenvalue weighted by molar-refractivity contribution is 6.29. The van der Waals surface area contributed by atoms with Gasteiger partial charge in [0.1, 0.15) is 22.5 Å². The molecule has 1 aliphatic carbocycles. The Morgan fingerprint density at radius 2 is 2.00 bits per heavy atom. The van der Waals surface area contributed by atoms with Crippen LogP contribution in [0.25, 0.3) is 5.69 Å². The van der Waals surface area contributed by atoms with Crippen molar-refractivity contribution in [3.05, 3.63) is 59.3 Å². The lowest BCUT2D eigenvalue weighted by Gasteiger charge is -2.12. The van der Waals surface area contributed by atoms with Crippen LogP contribution in [0.4, 0.5) is 5.82 Å². The zero-order valence-corrected chi connectivity index (χ0v) is 14.0. The molecule has 7 heteroatoms. The van der Waals surface area contributed by atoms with E-state index in [0.29, 0.717) is 11.1 Å². The van der Waals surface area contributed by atoms with Crippen LogP contribution in [0.5, 0.6) is 0 Å². The molecule has 24 heavy (non-hydrogen) atoms. The zero-order chi connectivity index (χ0) is 16.5. The summed E-state index contributed by atoms with van der Waals surface area (Å²) in [4.78, 5) is 8.87. The summed E-state index contributed by atoms with van der Waals surface area (Å²) in [6, 6.07) is 11.6. The average molecular weight is 341 g/mol. The quantitative estimate of drug-likeness (QED) is 0.716. The van der Waals surface area contributed by atoms with E-state index in [1.807, 2.05) is 43.5 Å². The minimum Gasteiger partial charge on any atom is -0.362 e. The van der Waals surface area contributed by atoms with Gasteiger partial charge in [0.25, 0.3) is 0 Å². The molecule has 3 aromatic rings. The van der Waals surface area contributed by atoms with E-state index in [4.69, 9.17) is 11.6 Å². The standard InChI is InChI=1S/C17H17ClN6/c1-11(14-10-24(23-22-14)13-5-3-2-4-6-13)19-16-9-15(18)20-17(21-16)12-7-8-12/h2-6,9-12H,7-8H2,1H3,(H,19,20,21). The van der Waals surface area contributed by atoms with Gasteiger partial charge in [-0.2, -0.15) is 0 Å². The largest absolute Gasteiger partial charge is 0.362 e. The van der Waals surface area contributed by atoms with Gasteiger partial charge in [-0.25, -0.2) is 14.6 Å². The summed E-state index contributed by atoms with van der Waals surface area (Å²) in [6.45, 7) is 2.02. The number of halogens is 1. The van der Waals surface area contributed by atoms with Gasteiger partial charge in [-0.1, -0.05) is 35.0 Å². The van der Waals surface area contributed by atoms with Crippen LogP contribution in [0.15, 0.2) is 42.6 Å². The second kappa shape index (κ2) is 6.20. The fraction of sp³-hybridized carbons (Fsp3) is 0.294. The molecule has 1 saturated carbocycles. The molecule has 1 unspecified atom stereocenters. The molecule has 1 N–H and O–H groups in total. The van der Waals surface area contributed by atoms with E-state index in [9.17, 15) is 0 Å². The number of rotatable bonds is 5. The molecule has 4 rings (SSSR count). The van der Waals surface area contributed by atoms with Crippen LogP contribution < -0.4 is 5.32 Å². The summed E-state index contributed by atoms with van der Waals surface area (Å²) in [5.41, 5.74) is 1.81. The van der Waals surface area contributed by atoms with Gasteiger partial charge in [0.15, 0.2) is 0 Å². The number of anilines is 1. The SMILES string of the molecule is CC(Nc1cc(Cl)nc(C2CC2)n1)c1cn(-c2ccccc2)nn1. The highest BCUT2D eigenvalue weighted by atomic mass is 35.5. The number of aromatic nitrogens is 5. The lowest BCUT2D eigenvalue weighted by atomic mass is 10.2. The summed E-state index contributed by atoms with van der Waals surface area (Å²) in [7, 11) is 0. The lowest BCUT2D eigenvalue weighted by Crippen LogP contribution is -2.10. The molecule has 1 aromatic carbocycles. The Kier molecular flexibility index (Phi) is 3.90. The molecule has 1 aliphatic rings. The normalized spacial score (nSPS) is 15.2. The Balaban J connectivity index is 1.52. The predicted octanol–water partition coefficient (Wildman–Crippen LogP) is 3.76. The minimum absolute atomic E-state index is 0.0412. The number of benzene rings is 1. The summed E-state index contributed by atoms with van der Waals surface area (Å²) < 4.78 is 1.76. The maximum absolute atomic E-state index is 6.11. The topological polar surface area (TPSA) is 68.5 Å². The van der Waals surface area contributed by atoms with Crippen LogP contribution in [-0.4, -0.2) is 25.0 Å². The molecule has 0 aliphatic heterocycles. The molecule has 122 valence electrons. The van der Waals surface area contributed by atoms with Gasteiger partial charge in [-0.3, -0.25) is 0 Å². The third kappa shape index (κ3) is 3.23. The van der Waals surface area contributed by atoms with Crippen molar-refractivity contribution in [3.8, 4) is 5.69 Å². The number of nitrogens with one attached hydrogen (secondary N) is 1. The summed E-state index contributed by atoms with van der Waals surface area (Å²) in [6.07, 6.45) is 4.19. The van der Waals surface area contributed by atoms with E-state index >= 15 is 0 Å². The van der Waals surface area contributed by atoms with E-state index in [2.05, 4.69) is 25.6 Å². The maximum Gasteiger partial charge on any atom is 0.135 e. The van der Waals surface area contributed by atoms with Crippen molar-refractivity contribution in [1.82, 2.24) is 25.0 Å². The van der Waals surface area contributed by atoms with Gasteiger partial charge in [-0.15, -0.1) is 5.10 Å². The monoisotopic (exact) mass is 340 g/mol. The van der Waals surface area contributed by atoms with Gasteiger partial charge in [0, 0.05) is 12.0 Å². The molecule has 0 amide bonds. The Bertz CT molecular complexity index is 843. The van der Waals surface area contributed by atoms with Crippen molar-refractivity contribution in [3.63, 3.8) is 0 Å². The van der Waals surface area contributed by atoms with Gasteiger partial charge in [0.05, 0.1) is 17.9 Å². The van der Waals surface area contributed by atoms with Crippen LogP contribution in [0, 0.1) is 0 Å². The van der Waals surface area contributed by atoms with Crippen LogP contribution in [0.1, 0.15) is 43.2 Å². The Morgan fingerprint density at radius 3 is 2.75 bits per heavy atom. The molecular weight excluding hydrogens is 324 g/mol. The first-order valence-corrected chi connectivity index (χ1v) is 8.35. The van der Waals surface area contributed by atoms with Crippen molar-refractivity contribution in [2.75, 3.05) is 5.32 Å². The third-order valence-corrected chi connectivity index (χ3v) is 4.19. The molecule has 2 heterocycles. The first kappa shape index (κ1) is 15.1.